The van der Waals surface area contributed by atoms with Crippen LogP contribution in [0.3, 0.4) is 0 Å². The van der Waals surface area contributed by atoms with Crippen LogP contribution in [-0.4, -0.2) is 44.1 Å². The van der Waals surface area contributed by atoms with E-state index < -0.39 is 0 Å². The number of anilines is 3. The molecule has 1 N–H and O–H groups in total. The first-order valence-electron chi connectivity index (χ1n) is 9.84. The van der Waals surface area contributed by atoms with Gasteiger partial charge in [-0.25, -0.2) is 0 Å². The number of carbonyl (C=O) groups excluding carboxylic acids is 1. The van der Waals surface area contributed by atoms with Crippen LogP contribution in [0.4, 0.5) is 17.1 Å². The van der Waals surface area contributed by atoms with Gasteiger partial charge in [-0.3, -0.25) is 4.79 Å². The zero-order valence-electron chi connectivity index (χ0n) is 16.5. The van der Waals surface area contributed by atoms with Crippen molar-refractivity contribution >= 4 is 23.0 Å². The lowest BCUT2D eigenvalue weighted by Crippen LogP contribution is -2.48. The summed E-state index contributed by atoms with van der Waals surface area (Å²) in [6.07, 6.45) is 0. The van der Waals surface area contributed by atoms with Gasteiger partial charge in [0.2, 0.25) is 0 Å². The first-order chi connectivity index (χ1) is 14.2. The van der Waals surface area contributed by atoms with Gasteiger partial charge in [0.15, 0.2) is 0 Å². The fourth-order valence-corrected chi connectivity index (χ4v) is 3.60. The zero-order valence-corrected chi connectivity index (χ0v) is 16.5. The Kier molecular flexibility index (Phi) is 5.66. The SMILES string of the molecule is COc1ccc(N2CCN(C(=O)c3ccccc3)CC2)cc1Nc1ccccc1. The van der Waals surface area contributed by atoms with Crippen molar-refractivity contribution in [2.45, 2.75) is 0 Å². The number of hydrogen-bond donors (Lipinski definition) is 1. The van der Waals surface area contributed by atoms with E-state index in [2.05, 4.69) is 22.3 Å². The van der Waals surface area contributed by atoms with E-state index in [1.54, 1.807) is 7.11 Å². The minimum atomic E-state index is 0.103. The maximum Gasteiger partial charge on any atom is 0.253 e. The third-order valence-electron chi connectivity index (χ3n) is 5.19. The summed E-state index contributed by atoms with van der Waals surface area (Å²) in [7, 11) is 1.68. The first-order valence-corrected chi connectivity index (χ1v) is 9.84. The molecule has 5 nitrogen and oxygen atoms in total. The smallest absolute Gasteiger partial charge is 0.253 e. The molecule has 0 saturated carbocycles. The molecule has 1 heterocycles. The van der Waals surface area contributed by atoms with Crippen LogP contribution < -0.4 is 15.0 Å². The normalized spacial score (nSPS) is 13.8. The van der Waals surface area contributed by atoms with Crippen molar-refractivity contribution in [1.29, 1.82) is 0 Å². The fraction of sp³-hybridized carbons (Fsp3) is 0.208. The third kappa shape index (κ3) is 4.35. The zero-order chi connectivity index (χ0) is 20.1. The maximum absolute atomic E-state index is 12.7. The van der Waals surface area contributed by atoms with Crippen LogP contribution in [0.2, 0.25) is 0 Å². The molecule has 0 aliphatic carbocycles. The second kappa shape index (κ2) is 8.69. The molecule has 1 saturated heterocycles. The van der Waals surface area contributed by atoms with E-state index in [9.17, 15) is 4.79 Å². The summed E-state index contributed by atoms with van der Waals surface area (Å²) in [5.41, 5.74) is 3.82. The van der Waals surface area contributed by atoms with E-state index in [1.165, 1.54) is 0 Å². The van der Waals surface area contributed by atoms with Crippen molar-refractivity contribution in [3.05, 3.63) is 84.4 Å². The number of nitrogens with zero attached hydrogens (tertiary/aromatic N) is 2. The molecule has 0 bridgehead atoms. The highest BCUT2D eigenvalue weighted by atomic mass is 16.5. The summed E-state index contributed by atoms with van der Waals surface area (Å²) in [5.74, 6) is 0.905. The Labute approximate surface area is 171 Å². The van der Waals surface area contributed by atoms with Gasteiger partial charge < -0.3 is 19.9 Å². The van der Waals surface area contributed by atoms with E-state index in [1.807, 2.05) is 71.6 Å². The van der Waals surface area contributed by atoms with E-state index in [0.29, 0.717) is 13.1 Å². The molecule has 29 heavy (non-hydrogen) atoms. The number of carbonyl (C=O) groups is 1. The fourth-order valence-electron chi connectivity index (χ4n) is 3.60. The Morgan fingerprint density at radius 3 is 2.17 bits per heavy atom. The van der Waals surface area contributed by atoms with Crippen molar-refractivity contribution in [3.8, 4) is 5.75 Å². The molecule has 0 aromatic heterocycles. The average molecular weight is 387 g/mol. The summed E-state index contributed by atoms with van der Waals surface area (Å²) >= 11 is 0. The molecule has 3 aromatic rings. The van der Waals surface area contributed by atoms with Gasteiger partial charge in [-0.2, -0.15) is 0 Å². The lowest BCUT2D eigenvalue weighted by Gasteiger charge is -2.36. The molecule has 5 heteroatoms. The summed E-state index contributed by atoms with van der Waals surface area (Å²) in [5, 5.41) is 3.44. The van der Waals surface area contributed by atoms with Crippen LogP contribution in [-0.2, 0) is 0 Å². The van der Waals surface area contributed by atoms with Gasteiger partial charge in [0.05, 0.1) is 12.8 Å². The molecule has 0 radical (unpaired) electrons. The first kappa shape index (κ1) is 18.9. The standard InChI is InChI=1S/C24H25N3O2/c1-29-23-13-12-21(18-22(23)25-20-10-6-3-7-11-20)26-14-16-27(17-15-26)24(28)19-8-4-2-5-9-19/h2-13,18,25H,14-17H2,1H3. The van der Waals surface area contributed by atoms with E-state index >= 15 is 0 Å². The lowest BCUT2D eigenvalue weighted by atomic mass is 10.1. The molecule has 1 aliphatic rings. The van der Waals surface area contributed by atoms with Crippen LogP contribution in [0.1, 0.15) is 10.4 Å². The average Bonchev–Trinajstić information content (AvgIpc) is 2.80. The summed E-state index contributed by atoms with van der Waals surface area (Å²) in [6, 6.07) is 25.7. The Hall–Kier alpha value is -3.47. The number of ether oxygens (including phenoxy) is 1. The highest BCUT2D eigenvalue weighted by molar-refractivity contribution is 5.94. The van der Waals surface area contributed by atoms with Gasteiger partial charge in [-0.05, 0) is 42.5 Å². The second-order valence-corrected chi connectivity index (χ2v) is 7.02. The molecule has 148 valence electrons. The van der Waals surface area contributed by atoms with Gasteiger partial charge in [0, 0.05) is 43.1 Å². The summed E-state index contributed by atoms with van der Waals surface area (Å²) in [4.78, 5) is 16.9. The van der Waals surface area contributed by atoms with Gasteiger partial charge >= 0.3 is 0 Å². The van der Waals surface area contributed by atoms with Crippen LogP contribution in [0.5, 0.6) is 5.75 Å². The van der Waals surface area contributed by atoms with Crippen LogP contribution in [0.25, 0.3) is 0 Å². The number of nitrogens with one attached hydrogen (secondary N) is 1. The number of hydrogen-bond acceptors (Lipinski definition) is 4. The Morgan fingerprint density at radius 1 is 0.862 bits per heavy atom. The Balaban J connectivity index is 1.45. The lowest BCUT2D eigenvalue weighted by molar-refractivity contribution is 0.0747. The van der Waals surface area contributed by atoms with Gasteiger partial charge in [-0.15, -0.1) is 0 Å². The molecule has 1 aliphatic heterocycles. The van der Waals surface area contributed by atoms with Crippen LogP contribution in [0.15, 0.2) is 78.9 Å². The number of piperazine rings is 1. The topological polar surface area (TPSA) is 44.8 Å². The third-order valence-corrected chi connectivity index (χ3v) is 5.19. The number of rotatable bonds is 5. The number of benzene rings is 3. The van der Waals surface area contributed by atoms with Crippen molar-refractivity contribution in [2.75, 3.05) is 43.5 Å². The molecule has 4 rings (SSSR count). The molecule has 3 aromatic carbocycles. The maximum atomic E-state index is 12.7. The van der Waals surface area contributed by atoms with Gasteiger partial charge in [0.25, 0.3) is 5.91 Å². The van der Waals surface area contributed by atoms with Gasteiger partial charge in [-0.1, -0.05) is 36.4 Å². The van der Waals surface area contributed by atoms with Gasteiger partial charge in [0.1, 0.15) is 5.75 Å². The molecule has 0 unspecified atom stereocenters. The second-order valence-electron chi connectivity index (χ2n) is 7.02. The van der Waals surface area contributed by atoms with Crippen LogP contribution >= 0.6 is 0 Å². The van der Waals surface area contributed by atoms with Crippen molar-refractivity contribution in [3.63, 3.8) is 0 Å². The molecule has 1 fully saturated rings. The Morgan fingerprint density at radius 2 is 1.52 bits per heavy atom. The van der Waals surface area contributed by atoms with E-state index in [-0.39, 0.29) is 5.91 Å². The molecular weight excluding hydrogens is 362 g/mol. The molecule has 0 spiro atoms. The largest absolute Gasteiger partial charge is 0.495 e. The number of para-hydroxylation sites is 1. The minimum absolute atomic E-state index is 0.103. The van der Waals surface area contributed by atoms with E-state index in [0.717, 1.165) is 41.5 Å². The van der Waals surface area contributed by atoms with Crippen molar-refractivity contribution in [2.24, 2.45) is 0 Å². The predicted molar refractivity (Wildman–Crippen MR) is 117 cm³/mol. The van der Waals surface area contributed by atoms with E-state index in [4.69, 9.17) is 4.74 Å². The van der Waals surface area contributed by atoms with Crippen molar-refractivity contribution in [1.82, 2.24) is 4.90 Å². The number of methoxy groups -OCH3 is 1. The Bertz CT molecular complexity index is 952. The highest BCUT2D eigenvalue weighted by Crippen LogP contribution is 2.32. The summed E-state index contributed by atoms with van der Waals surface area (Å²) in [6.45, 7) is 3.02. The quantitative estimate of drug-likeness (QED) is 0.705. The number of amides is 1. The molecular formula is C24H25N3O2. The minimum Gasteiger partial charge on any atom is -0.495 e. The highest BCUT2D eigenvalue weighted by Gasteiger charge is 2.22. The predicted octanol–water partition coefficient (Wildman–Crippen LogP) is 4.40. The molecule has 1 amide bonds. The van der Waals surface area contributed by atoms with Crippen LogP contribution in [0, 0.1) is 0 Å². The molecule has 0 atom stereocenters. The monoisotopic (exact) mass is 387 g/mol. The van der Waals surface area contributed by atoms with Crippen molar-refractivity contribution < 1.29 is 9.53 Å². The summed E-state index contributed by atoms with van der Waals surface area (Å²) < 4.78 is 5.52.